The minimum absolute atomic E-state index is 0.0444. The quantitative estimate of drug-likeness (QED) is 0.804. The molecule has 2 heterocycles. The van der Waals surface area contributed by atoms with E-state index in [4.69, 9.17) is 4.74 Å². The topological polar surface area (TPSA) is 75.7 Å². The number of rotatable bonds is 2. The first-order valence-electron chi connectivity index (χ1n) is 8.93. The molecule has 140 valence electrons. The van der Waals surface area contributed by atoms with Crippen LogP contribution in [-0.4, -0.2) is 42.8 Å². The summed E-state index contributed by atoms with van der Waals surface area (Å²) in [6.45, 7) is 0.923. The third-order valence-electron chi connectivity index (χ3n) is 5.30. The molecule has 4 rings (SSSR count). The van der Waals surface area contributed by atoms with E-state index in [9.17, 15) is 18.8 Å². The molecule has 1 saturated heterocycles. The van der Waals surface area contributed by atoms with Crippen molar-refractivity contribution in [1.29, 1.82) is 0 Å². The van der Waals surface area contributed by atoms with Crippen molar-refractivity contribution in [3.05, 3.63) is 58.2 Å². The number of nitrogens with one attached hydrogen (secondary N) is 1. The Labute approximate surface area is 155 Å². The predicted octanol–water partition coefficient (Wildman–Crippen LogP) is 1.79. The molecule has 0 radical (unpaired) electrons. The number of nitrogens with zero attached hydrogens (tertiary/aromatic N) is 1. The maximum Gasteiger partial charge on any atom is 0.337 e. The molecule has 27 heavy (non-hydrogen) atoms. The van der Waals surface area contributed by atoms with Crippen molar-refractivity contribution in [3.8, 4) is 0 Å². The van der Waals surface area contributed by atoms with Crippen LogP contribution in [0.1, 0.15) is 30.7 Å². The second-order valence-electron chi connectivity index (χ2n) is 6.78. The molecule has 3 aliphatic rings. The van der Waals surface area contributed by atoms with Crippen LogP contribution < -0.4 is 5.32 Å². The second-order valence-corrected chi connectivity index (χ2v) is 6.78. The number of esters is 1. The summed E-state index contributed by atoms with van der Waals surface area (Å²) in [7, 11) is 1.25. The molecule has 0 spiro atoms. The third kappa shape index (κ3) is 2.74. The molecule has 0 saturated carbocycles. The van der Waals surface area contributed by atoms with Gasteiger partial charge in [-0.05, 0) is 30.5 Å². The fourth-order valence-corrected chi connectivity index (χ4v) is 4.19. The van der Waals surface area contributed by atoms with Gasteiger partial charge < -0.3 is 15.0 Å². The van der Waals surface area contributed by atoms with Gasteiger partial charge in [0.2, 0.25) is 0 Å². The van der Waals surface area contributed by atoms with Crippen molar-refractivity contribution < 1.29 is 23.5 Å². The van der Waals surface area contributed by atoms with E-state index < -0.39 is 17.7 Å². The molecule has 6 nitrogen and oxygen atoms in total. The summed E-state index contributed by atoms with van der Waals surface area (Å²) < 4.78 is 18.4. The molecule has 1 N–H and O–H groups in total. The van der Waals surface area contributed by atoms with Crippen LogP contribution in [0, 0.1) is 5.82 Å². The molecule has 1 aromatic rings. The SMILES string of the molecule is COC(=O)C1=C2C(=O)NCCN2C2=C(C(=O)CCC2)[C@H]1c1ccc(F)cc1. The van der Waals surface area contributed by atoms with Crippen LogP contribution in [0.3, 0.4) is 0 Å². The van der Waals surface area contributed by atoms with Crippen LogP contribution >= 0.6 is 0 Å². The lowest BCUT2D eigenvalue weighted by Gasteiger charge is -2.43. The highest BCUT2D eigenvalue weighted by atomic mass is 19.1. The smallest absolute Gasteiger partial charge is 0.337 e. The molecule has 2 aliphatic heterocycles. The Morgan fingerprint density at radius 3 is 2.67 bits per heavy atom. The van der Waals surface area contributed by atoms with Crippen LogP contribution in [0.5, 0.6) is 0 Å². The summed E-state index contributed by atoms with van der Waals surface area (Å²) in [5, 5.41) is 2.76. The fourth-order valence-electron chi connectivity index (χ4n) is 4.19. The summed E-state index contributed by atoms with van der Waals surface area (Å²) >= 11 is 0. The zero-order chi connectivity index (χ0) is 19.1. The Bertz CT molecular complexity index is 901. The van der Waals surface area contributed by atoms with E-state index in [0.29, 0.717) is 43.5 Å². The first-order chi connectivity index (χ1) is 13.0. The highest BCUT2D eigenvalue weighted by Crippen LogP contribution is 2.46. The Kier molecular flexibility index (Phi) is 4.30. The maximum absolute atomic E-state index is 13.5. The summed E-state index contributed by atoms with van der Waals surface area (Å²) in [6, 6.07) is 5.67. The number of ketones is 1. The molecule has 1 amide bonds. The predicted molar refractivity (Wildman–Crippen MR) is 93.8 cm³/mol. The van der Waals surface area contributed by atoms with Crippen LogP contribution in [-0.2, 0) is 19.1 Å². The Morgan fingerprint density at radius 1 is 1.22 bits per heavy atom. The second kappa shape index (κ2) is 6.64. The number of ether oxygens (including phenoxy) is 1. The molecule has 1 atom stereocenters. The highest BCUT2D eigenvalue weighted by Gasteiger charge is 2.45. The van der Waals surface area contributed by atoms with E-state index in [0.717, 1.165) is 5.70 Å². The van der Waals surface area contributed by atoms with Crippen molar-refractivity contribution in [1.82, 2.24) is 10.2 Å². The number of methoxy groups -OCH3 is 1. The molecule has 1 aliphatic carbocycles. The number of fused-ring (bicyclic) bond motifs is 2. The van der Waals surface area contributed by atoms with Gasteiger partial charge >= 0.3 is 5.97 Å². The highest BCUT2D eigenvalue weighted by molar-refractivity contribution is 6.09. The largest absolute Gasteiger partial charge is 0.466 e. The standard InChI is InChI=1S/C20H19FN2O4/c1-27-20(26)17-15(11-5-7-12(21)8-6-11)16-13(3-2-4-14(16)24)23-10-9-22-19(25)18(17)23/h5-8,15H,2-4,9-10H2,1H3,(H,22,25)/t15-/m1/s1. The van der Waals surface area contributed by atoms with E-state index in [1.165, 1.54) is 19.2 Å². The van der Waals surface area contributed by atoms with Gasteiger partial charge in [-0.1, -0.05) is 12.1 Å². The van der Waals surface area contributed by atoms with Gasteiger partial charge in [0.1, 0.15) is 11.5 Å². The number of allylic oxidation sites excluding steroid dienone is 2. The van der Waals surface area contributed by atoms with E-state index in [1.54, 1.807) is 17.0 Å². The summed E-state index contributed by atoms with van der Waals surface area (Å²) in [5.41, 5.74) is 2.26. The number of halogens is 1. The number of carbonyl (C=O) groups is 3. The molecular weight excluding hydrogens is 351 g/mol. The van der Waals surface area contributed by atoms with Gasteiger partial charge in [-0.2, -0.15) is 0 Å². The van der Waals surface area contributed by atoms with Gasteiger partial charge in [0.15, 0.2) is 5.78 Å². The molecule has 0 unspecified atom stereocenters. The normalized spacial score (nSPS) is 22.3. The lowest BCUT2D eigenvalue weighted by Crippen LogP contribution is -2.50. The number of Topliss-reactive ketones (excluding diaryl/α,β-unsaturated/α-hetero) is 1. The van der Waals surface area contributed by atoms with Gasteiger partial charge in [-0.25, -0.2) is 9.18 Å². The third-order valence-corrected chi connectivity index (χ3v) is 5.30. The van der Waals surface area contributed by atoms with E-state index >= 15 is 0 Å². The maximum atomic E-state index is 13.5. The number of piperazine rings is 1. The number of amides is 1. The van der Waals surface area contributed by atoms with Gasteiger partial charge in [-0.15, -0.1) is 0 Å². The van der Waals surface area contributed by atoms with Gasteiger partial charge in [0, 0.05) is 36.7 Å². The number of hydrogen-bond acceptors (Lipinski definition) is 5. The molecular formula is C20H19FN2O4. The van der Waals surface area contributed by atoms with Gasteiger partial charge in [0.25, 0.3) is 5.91 Å². The van der Waals surface area contributed by atoms with Crippen molar-refractivity contribution in [2.45, 2.75) is 25.2 Å². The van der Waals surface area contributed by atoms with Crippen molar-refractivity contribution >= 4 is 17.7 Å². The van der Waals surface area contributed by atoms with Crippen molar-refractivity contribution in [2.75, 3.05) is 20.2 Å². The fraction of sp³-hybridized carbons (Fsp3) is 0.350. The average molecular weight is 370 g/mol. The monoisotopic (exact) mass is 370 g/mol. The minimum Gasteiger partial charge on any atom is -0.466 e. The number of hydrogen-bond donors (Lipinski definition) is 1. The van der Waals surface area contributed by atoms with Crippen LogP contribution in [0.25, 0.3) is 0 Å². The molecule has 1 aromatic carbocycles. The summed E-state index contributed by atoms with van der Waals surface area (Å²) in [6.07, 6.45) is 1.75. The van der Waals surface area contributed by atoms with Crippen LogP contribution in [0.4, 0.5) is 4.39 Å². The Morgan fingerprint density at radius 2 is 1.96 bits per heavy atom. The lowest BCUT2D eigenvalue weighted by atomic mass is 9.74. The van der Waals surface area contributed by atoms with Gasteiger partial charge in [0.05, 0.1) is 12.7 Å². The molecule has 1 fully saturated rings. The van der Waals surface area contributed by atoms with Crippen molar-refractivity contribution in [2.24, 2.45) is 0 Å². The molecule has 0 bridgehead atoms. The van der Waals surface area contributed by atoms with Gasteiger partial charge in [-0.3, -0.25) is 9.59 Å². The number of benzene rings is 1. The van der Waals surface area contributed by atoms with E-state index in [2.05, 4.69) is 5.32 Å². The summed E-state index contributed by atoms with van der Waals surface area (Å²) in [4.78, 5) is 40.0. The van der Waals surface area contributed by atoms with E-state index in [-0.39, 0.29) is 23.0 Å². The first kappa shape index (κ1) is 17.5. The average Bonchev–Trinajstić information content (AvgIpc) is 2.68. The van der Waals surface area contributed by atoms with Crippen LogP contribution in [0.2, 0.25) is 0 Å². The zero-order valence-electron chi connectivity index (χ0n) is 14.9. The first-order valence-corrected chi connectivity index (χ1v) is 8.93. The lowest BCUT2D eigenvalue weighted by molar-refractivity contribution is -0.137. The van der Waals surface area contributed by atoms with E-state index in [1.807, 2.05) is 0 Å². The van der Waals surface area contributed by atoms with Crippen LogP contribution in [0.15, 0.2) is 46.8 Å². The molecule has 0 aromatic heterocycles. The molecule has 7 heteroatoms. The Balaban J connectivity index is 2.00. The Hall–Kier alpha value is -2.96. The minimum atomic E-state index is -0.740. The van der Waals surface area contributed by atoms with Crippen molar-refractivity contribution in [3.63, 3.8) is 0 Å². The zero-order valence-corrected chi connectivity index (χ0v) is 14.9. The number of carbonyl (C=O) groups excluding carboxylic acids is 3. The summed E-state index contributed by atoms with van der Waals surface area (Å²) in [5.74, 6) is -2.22.